The highest BCUT2D eigenvalue weighted by Gasteiger charge is 2.44. The Hall–Kier alpha value is -3.30. The molecule has 0 saturated carbocycles. The molecule has 2 heterocycles. The lowest BCUT2D eigenvalue weighted by atomic mass is 9.86. The Morgan fingerprint density at radius 1 is 1.06 bits per heavy atom. The fourth-order valence-corrected chi connectivity index (χ4v) is 5.02. The number of rotatable bonds is 8. The molecule has 1 unspecified atom stereocenters. The summed E-state index contributed by atoms with van der Waals surface area (Å²) in [6, 6.07) is 15.3. The van der Waals surface area contributed by atoms with Crippen molar-refractivity contribution in [3.63, 3.8) is 0 Å². The van der Waals surface area contributed by atoms with E-state index in [1.165, 1.54) is 30.6 Å². The lowest BCUT2D eigenvalue weighted by Gasteiger charge is -2.29. The number of pyridine rings is 2. The van der Waals surface area contributed by atoms with E-state index in [0.29, 0.717) is 0 Å². The number of hydrogen-bond donors (Lipinski definition) is 3. The Morgan fingerprint density at radius 2 is 1.76 bits per heavy atom. The standard InChI is InChI=1S/C24H28N4O4S/c1-23(2,3)18-11-9-17(10-12-18)14-24(25,33(31,32)19-6-5-13-26-15-19)20-7-4-8-21(28-20)27-16-22(29)30/h4-13,15H,14,16,25H2,1-3H3,(H,27,28)(H,29,30). The van der Waals surface area contributed by atoms with Crippen molar-refractivity contribution in [1.82, 2.24) is 9.97 Å². The van der Waals surface area contributed by atoms with Gasteiger partial charge in [-0.3, -0.25) is 9.78 Å². The molecule has 0 aliphatic rings. The molecule has 0 aliphatic carbocycles. The Morgan fingerprint density at radius 3 is 2.33 bits per heavy atom. The van der Waals surface area contributed by atoms with Gasteiger partial charge in [0.1, 0.15) is 12.4 Å². The van der Waals surface area contributed by atoms with E-state index in [0.717, 1.165) is 11.1 Å². The van der Waals surface area contributed by atoms with Gasteiger partial charge in [-0.05, 0) is 40.8 Å². The van der Waals surface area contributed by atoms with E-state index in [2.05, 4.69) is 36.1 Å². The van der Waals surface area contributed by atoms with Crippen molar-refractivity contribution in [2.75, 3.05) is 11.9 Å². The van der Waals surface area contributed by atoms with Gasteiger partial charge in [0.05, 0.1) is 10.6 Å². The number of carboxylic acid groups (broad SMARTS) is 1. The first-order valence-electron chi connectivity index (χ1n) is 10.4. The molecule has 0 radical (unpaired) electrons. The molecule has 3 rings (SSSR count). The van der Waals surface area contributed by atoms with Crippen LogP contribution in [0.25, 0.3) is 0 Å². The van der Waals surface area contributed by atoms with Crippen LogP contribution in [-0.2, 0) is 31.3 Å². The quantitative estimate of drug-likeness (QED) is 0.459. The SMILES string of the molecule is CC(C)(C)c1ccc(CC(N)(c2cccc(NCC(=O)O)n2)S(=O)(=O)c2cccnc2)cc1. The number of aliphatic carboxylic acids is 1. The molecule has 2 aromatic heterocycles. The summed E-state index contributed by atoms with van der Waals surface area (Å²) in [5, 5.41) is 11.6. The van der Waals surface area contributed by atoms with Crippen LogP contribution in [-0.4, -0.2) is 36.0 Å². The highest BCUT2D eigenvalue weighted by Crippen LogP contribution is 2.34. The Labute approximate surface area is 193 Å². The zero-order valence-corrected chi connectivity index (χ0v) is 19.6. The third-order valence-corrected chi connectivity index (χ3v) is 7.49. The molecule has 3 aromatic rings. The van der Waals surface area contributed by atoms with Crippen LogP contribution in [0.5, 0.6) is 0 Å². The predicted octanol–water partition coefficient (Wildman–Crippen LogP) is 3.10. The van der Waals surface area contributed by atoms with Gasteiger partial charge in [-0.2, -0.15) is 0 Å². The Bertz CT molecular complexity index is 1220. The molecule has 174 valence electrons. The van der Waals surface area contributed by atoms with E-state index in [9.17, 15) is 13.2 Å². The second-order valence-corrected chi connectivity index (χ2v) is 11.1. The zero-order valence-electron chi connectivity index (χ0n) is 18.8. The van der Waals surface area contributed by atoms with Gasteiger partial charge in [-0.25, -0.2) is 13.4 Å². The third-order valence-electron chi connectivity index (χ3n) is 5.31. The van der Waals surface area contributed by atoms with Crippen molar-refractivity contribution in [3.05, 3.63) is 83.8 Å². The average molecular weight is 469 g/mol. The van der Waals surface area contributed by atoms with E-state index >= 15 is 0 Å². The van der Waals surface area contributed by atoms with Gasteiger partial charge in [-0.1, -0.05) is 51.1 Å². The van der Waals surface area contributed by atoms with E-state index < -0.39 is 20.7 Å². The van der Waals surface area contributed by atoms with Gasteiger partial charge in [0.25, 0.3) is 0 Å². The van der Waals surface area contributed by atoms with Crippen LogP contribution in [0.3, 0.4) is 0 Å². The summed E-state index contributed by atoms with van der Waals surface area (Å²) in [4.78, 5) is 17.3. The second-order valence-electron chi connectivity index (χ2n) is 8.86. The zero-order chi connectivity index (χ0) is 24.3. The number of hydrogen-bond acceptors (Lipinski definition) is 7. The van der Waals surface area contributed by atoms with E-state index in [1.54, 1.807) is 12.1 Å². The van der Waals surface area contributed by atoms with E-state index in [4.69, 9.17) is 10.8 Å². The number of carbonyl (C=O) groups is 1. The van der Waals surface area contributed by atoms with Gasteiger partial charge in [-0.15, -0.1) is 0 Å². The fraction of sp³-hybridized carbons (Fsp3) is 0.292. The van der Waals surface area contributed by atoms with E-state index in [-0.39, 0.29) is 34.8 Å². The number of benzene rings is 1. The number of sulfone groups is 1. The molecule has 0 aliphatic heterocycles. The molecule has 8 nitrogen and oxygen atoms in total. The van der Waals surface area contributed by atoms with Crippen LogP contribution < -0.4 is 11.1 Å². The van der Waals surface area contributed by atoms with Gasteiger partial charge < -0.3 is 16.2 Å². The topological polar surface area (TPSA) is 135 Å². The molecule has 9 heteroatoms. The van der Waals surface area contributed by atoms with Crippen LogP contribution in [0.2, 0.25) is 0 Å². The molecule has 1 aromatic carbocycles. The minimum absolute atomic E-state index is 0.0236. The molecule has 4 N–H and O–H groups in total. The van der Waals surface area contributed by atoms with Crippen LogP contribution in [0.15, 0.2) is 71.9 Å². The van der Waals surface area contributed by atoms with Crippen molar-refractivity contribution in [2.24, 2.45) is 5.73 Å². The lowest BCUT2D eigenvalue weighted by Crippen LogP contribution is -2.47. The van der Waals surface area contributed by atoms with Gasteiger partial charge in [0.2, 0.25) is 9.84 Å². The highest BCUT2D eigenvalue weighted by molar-refractivity contribution is 7.92. The van der Waals surface area contributed by atoms with Crippen molar-refractivity contribution in [2.45, 2.75) is 42.4 Å². The van der Waals surface area contributed by atoms with Crippen molar-refractivity contribution >= 4 is 21.6 Å². The fourth-order valence-electron chi connectivity index (χ4n) is 3.40. The Kier molecular flexibility index (Phi) is 6.85. The average Bonchev–Trinajstić information content (AvgIpc) is 2.78. The van der Waals surface area contributed by atoms with Crippen LogP contribution in [0.4, 0.5) is 5.82 Å². The van der Waals surface area contributed by atoms with Crippen LogP contribution in [0, 0.1) is 0 Å². The first-order valence-corrected chi connectivity index (χ1v) is 11.9. The maximum Gasteiger partial charge on any atom is 0.322 e. The number of anilines is 1. The largest absolute Gasteiger partial charge is 0.480 e. The molecular formula is C24H28N4O4S. The van der Waals surface area contributed by atoms with Crippen molar-refractivity contribution < 1.29 is 18.3 Å². The van der Waals surface area contributed by atoms with Gasteiger partial charge >= 0.3 is 5.97 Å². The molecule has 1 atom stereocenters. The number of nitrogens with two attached hydrogens (primary N) is 1. The summed E-state index contributed by atoms with van der Waals surface area (Å²) in [7, 11) is -4.13. The van der Waals surface area contributed by atoms with Gasteiger partial charge in [0, 0.05) is 18.8 Å². The summed E-state index contributed by atoms with van der Waals surface area (Å²) in [5.41, 5.74) is 8.58. The summed E-state index contributed by atoms with van der Waals surface area (Å²) in [6.45, 7) is 5.93. The maximum atomic E-state index is 13.7. The summed E-state index contributed by atoms with van der Waals surface area (Å²) in [6.07, 6.45) is 2.70. The summed E-state index contributed by atoms with van der Waals surface area (Å²) in [5.74, 6) is -0.850. The maximum absolute atomic E-state index is 13.7. The number of nitrogens with zero attached hydrogens (tertiary/aromatic N) is 2. The first kappa shape index (κ1) is 24.3. The normalized spacial score (nSPS) is 13.8. The lowest BCUT2D eigenvalue weighted by molar-refractivity contribution is -0.134. The molecule has 33 heavy (non-hydrogen) atoms. The minimum Gasteiger partial charge on any atom is -0.480 e. The van der Waals surface area contributed by atoms with Crippen molar-refractivity contribution in [1.29, 1.82) is 0 Å². The van der Waals surface area contributed by atoms with Crippen LogP contribution in [0.1, 0.15) is 37.6 Å². The van der Waals surface area contributed by atoms with Crippen LogP contribution >= 0.6 is 0 Å². The van der Waals surface area contributed by atoms with Gasteiger partial charge in [0.15, 0.2) is 4.87 Å². The third kappa shape index (κ3) is 5.37. The Balaban J connectivity index is 2.09. The molecule has 0 saturated heterocycles. The number of aromatic nitrogens is 2. The predicted molar refractivity (Wildman–Crippen MR) is 126 cm³/mol. The molecular weight excluding hydrogens is 440 g/mol. The second kappa shape index (κ2) is 9.29. The smallest absolute Gasteiger partial charge is 0.322 e. The first-order chi connectivity index (χ1) is 15.4. The number of carboxylic acids is 1. The highest BCUT2D eigenvalue weighted by atomic mass is 32.2. The molecule has 0 spiro atoms. The van der Waals surface area contributed by atoms with E-state index in [1.807, 2.05) is 24.3 Å². The minimum atomic E-state index is -4.13. The molecule has 0 amide bonds. The van der Waals surface area contributed by atoms with Crippen molar-refractivity contribution in [3.8, 4) is 0 Å². The molecule has 0 fully saturated rings. The summed E-state index contributed by atoms with van der Waals surface area (Å²) >= 11 is 0. The summed E-state index contributed by atoms with van der Waals surface area (Å²) < 4.78 is 27.5. The molecule has 0 bridgehead atoms. The monoisotopic (exact) mass is 468 g/mol. The number of nitrogens with one attached hydrogen (secondary N) is 1.